The van der Waals surface area contributed by atoms with Gasteiger partial charge < -0.3 is 5.32 Å². The third-order valence-corrected chi connectivity index (χ3v) is 3.54. The molecule has 0 saturated heterocycles. The number of halogens is 2. The maximum Gasteiger partial charge on any atom is 0.329 e. The lowest BCUT2D eigenvalue weighted by atomic mass is 10.1. The number of rotatable bonds is 4. The Morgan fingerprint density at radius 3 is 2.62 bits per heavy atom. The molecule has 0 aliphatic carbocycles. The van der Waals surface area contributed by atoms with Crippen molar-refractivity contribution in [1.29, 1.82) is 0 Å². The van der Waals surface area contributed by atoms with E-state index in [0.29, 0.717) is 12.1 Å². The first kappa shape index (κ1) is 17.6. The number of hydrazone groups is 1. The molecule has 0 heterocycles. The lowest BCUT2D eigenvalue weighted by molar-refractivity contribution is -0.136. The van der Waals surface area contributed by atoms with Crippen molar-refractivity contribution in [2.75, 3.05) is 5.32 Å². The van der Waals surface area contributed by atoms with Gasteiger partial charge in [-0.1, -0.05) is 42.8 Å². The molecular formula is C17H15ClFN3O2. The number of anilines is 1. The molecule has 2 rings (SSSR count). The molecule has 0 bridgehead atoms. The number of carbonyl (C=O) groups is 2. The van der Waals surface area contributed by atoms with Gasteiger partial charge in [0, 0.05) is 11.3 Å². The van der Waals surface area contributed by atoms with Crippen molar-refractivity contribution in [3.05, 3.63) is 64.4 Å². The second kappa shape index (κ2) is 8.21. The molecule has 7 heteroatoms. The van der Waals surface area contributed by atoms with Gasteiger partial charge in [0.2, 0.25) is 0 Å². The van der Waals surface area contributed by atoms with Crippen LogP contribution < -0.4 is 10.7 Å². The summed E-state index contributed by atoms with van der Waals surface area (Å²) in [6.45, 7) is 1.94. The highest BCUT2D eigenvalue weighted by Crippen LogP contribution is 2.16. The Balaban J connectivity index is 1.99. The molecular weight excluding hydrogens is 333 g/mol. The summed E-state index contributed by atoms with van der Waals surface area (Å²) in [6, 6.07) is 11.3. The molecule has 2 amide bonds. The zero-order chi connectivity index (χ0) is 17.5. The van der Waals surface area contributed by atoms with E-state index < -0.39 is 17.6 Å². The minimum atomic E-state index is -0.968. The van der Waals surface area contributed by atoms with E-state index in [1.54, 1.807) is 12.1 Å². The third kappa shape index (κ3) is 4.39. The van der Waals surface area contributed by atoms with E-state index in [9.17, 15) is 14.0 Å². The Hall–Kier alpha value is -2.73. The minimum absolute atomic E-state index is 0.0243. The second-order valence-corrected chi connectivity index (χ2v) is 5.21. The largest absolute Gasteiger partial charge is 0.329 e. The summed E-state index contributed by atoms with van der Waals surface area (Å²) in [7, 11) is 0. The zero-order valence-corrected chi connectivity index (χ0v) is 13.6. The highest BCUT2D eigenvalue weighted by molar-refractivity contribution is 6.39. The van der Waals surface area contributed by atoms with E-state index in [2.05, 4.69) is 10.4 Å². The van der Waals surface area contributed by atoms with E-state index in [1.807, 2.05) is 24.5 Å². The van der Waals surface area contributed by atoms with Gasteiger partial charge >= 0.3 is 11.8 Å². The number of aryl methyl sites for hydroxylation is 1. The first-order valence-electron chi connectivity index (χ1n) is 7.19. The summed E-state index contributed by atoms with van der Waals surface area (Å²) < 4.78 is 13.5. The lowest BCUT2D eigenvalue weighted by Crippen LogP contribution is -2.32. The van der Waals surface area contributed by atoms with Crippen molar-refractivity contribution >= 4 is 35.3 Å². The molecule has 0 aliphatic heterocycles. The highest BCUT2D eigenvalue weighted by atomic mass is 35.5. The Morgan fingerprint density at radius 2 is 1.92 bits per heavy atom. The number of nitrogens with zero attached hydrogens (tertiary/aromatic N) is 1. The van der Waals surface area contributed by atoms with E-state index in [4.69, 9.17) is 11.6 Å². The number of benzene rings is 2. The lowest BCUT2D eigenvalue weighted by Gasteiger charge is -2.08. The first-order valence-corrected chi connectivity index (χ1v) is 7.57. The van der Waals surface area contributed by atoms with Crippen LogP contribution in [0.1, 0.15) is 18.1 Å². The molecule has 0 fully saturated rings. The molecule has 24 heavy (non-hydrogen) atoms. The molecule has 0 spiro atoms. The molecule has 0 aliphatic rings. The Bertz CT molecular complexity index is 773. The van der Waals surface area contributed by atoms with Gasteiger partial charge in [-0.2, -0.15) is 5.10 Å². The molecule has 0 radical (unpaired) electrons. The smallest absolute Gasteiger partial charge is 0.317 e. The number of amides is 2. The van der Waals surface area contributed by atoms with E-state index in [0.717, 1.165) is 11.8 Å². The quantitative estimate of drug-likeness (QED) is 0.507. The molecule has 2 aromatic rings. The van der Waals surface area contributed by atoms with Gasteiger partial charge in [0.05, 0.1) is 11.2 Å². The van der Waals surface area contributed by atoms with Gasteiger partial charge in [0.15, 0.2) is 0 Å². The third-order valence-electron chi connectivity index (χ3n) is 3.21. The molecule has 0 unspecified atom stereocenters. The summed E-state index contributed by atoms with van der Waals surface area (Å²) in [5.41, 5.74) is 3.52. The van der Waals surface area contributed by atoms with Gasteiger partial charge in [-0.15, -0.1) is 0 Å². The number of nitrogens with one attached hydrogen (secondary N) is 2. The topological polar surface area (TPSA) is 70.6 Å². The minimum Gasteiger partial charge on any atom is -0.317 e. The molecule has 0 saturated carbocycles. The van der Waals surface area contributed by atoms with Crippen LogP contribution in [0.15, 0.2) is 47.6 Å². The van der Waals surface area contributed by atoms with E-state index in [1.165, 1.54) is 18.2 Å². The van der Waals surface area contributed by atoms with Crippen LogP contribution in [0, 0.1) is 5.82 Å². The molecule has 124 valence electrons. The van der Waals surface area contributed by atoms with Crippen LogP contribution >= 0.6 is 11.6 Å². The molecule has 0 aromatic heterocycles. The summed E-state index contributed by atoms with van der Waals surface area (Å²) in [4.78, 5) is 23.6. The summed E-state index contributed by atoms with van der Waals surface area (Å²) in [6.07, 6.45) is 1.75. The van der Waals surface area contributed by atoms with Crippen molar-refractivity contribution in [1.82, 2.24) is 5.43 Å². The summed E-state index contributed by atoms with van der Waals surface area (Å²) in [5, 5.41) is 6.21. The number of carbonyl (C=O) groups excluding carboxylic acids is 2. The van der Waals surface area contributed by atoms with Gasteiger partial charge in [0.25, 0.3) is 0 Å². The van der Waals surface area contributed by atoms with E-state index in [-0.39, 0.29) is 10.6 Å². The zero-order valence-electron chi connectivity index (χ0n) is 12.8. The Morgan fingerprint density at radius 1 is 1.17 bits per heavy atom. The fourth-order valence-corrected chi connectivity index (χ4v) is 2.18. The predicted molar refractivity (Wildman–Crippen MR) is 91.6 cm³/mol. The molecule has 2 N–H and O–H groups in total. The van der Waals surface area contributed by atoms with Crippen molar-refractivity contribution < 1.29 is 14.0 Å². The predicted octanol–water partition coefficient (Wildman–Crippen LogP) is 3.13. The molecule has 2 aromatic carbocycles. The van der Waals surface area contributed by atoms with Gasteiger partial charge in [-0.25, -0.2) is 9.82 Å². The normalized spacial score (nSPS) is 10.6. The van der Waals surface area contributed by atoms with Gasteiger partial charge in [0.1, 0.15) is 5.82 Å². The van der Waals surface area contributed by atoms with Crippen molar-refractivity contribution in [2.45, 2.75) is 13.3 Å². The van der Waals surface area contributed by atoms with Crippen LogP contribution in [0.2, 0.25) is 5.02 Å². The number of hydrogen-bond donors (Lipinski definition) is 2. The molecule has 5 nitrogen and oxygen atoms in total. The maximum atomic E-state index is 13.5. The average molecular weight is 348 g/mol. The fourth-order valence-electron chi connectivity index (χ4n) is 1.97. The molecule has 0 atom stereocenters. The Kier molecular flexibility index (Phi) is 6.03. The SMILES string of the molecule is CCc1ccccc1NC(=O)C(=O)NN=Cc1c(F)cccc1Cl. The van der Waals surface area contributed by atoms with Crippen LogP contribution in [-0.4, -0.2) is 18.0 Å². The number of para-hydroxylation sites is 1. The second-order valence-electron chi connectivity index (χ2n) is 4.80. The van der Waals surface area contributed by atoms with Gasteiger partial charge in [-0.3, -0.25) is 9.59 Å². The Labute approximate surface area is 143 Å². The van der Waals surface area contributed by atoms with Crippen LogP contribution in [0.4, 0.5) is 10.1 Å². The standard InChI is InChI=1S/C17H15ClFN3O2/c1-2-11-6-3-4-9-15(11)21-16(23)17(24)22-20-10-12-13(18)7-5-8-14(12)19/h3-10H,2H2,1H3,(H,21,23)(H,22,24). The first-order chi connectivity index (χ1) is 11.5. The van der Waals surface area contributed by atoms with E-state index >= 15 is 0 Å². The maximum absolute atomic E-state index is 13.5. The monoisotopic (exact) mass is 347 g/mol. The van der Waals surface area contributed by atoms with Crippen molar-refractivity contribution in [2.24, 2.45) is 5.10 Å². The average Bonchev–Trinajstić information content (AvgIpc) is 2.57. The van der Waals surface area contributed by atoms with Crippen molar-refractivity contribution in [3.63, 3.8) is 0 Å². The highest BCUT2D eigenvalue weighted by Gasteiger charge is 2.14. The van der Waals surface area contributed by atoms with Crippen LogP contribution in [-0.2, 0) is 16.0 Å². The van der Waals surface area contributed by atoms with Crippen LogP contribution in [0.25, 0.3) is 0 Å². The fraction of sp³-hybridized carbons (Fsp3) is 0.118. The summed E-state index contributed by atoms with van der Waals surface area (Å²) in [5.74, 6) is -2.42. The summed E-state index contributed by atoms with van der Waals surface area (Å²) >= 11 is 5.82. The van der Waals surface area contributed by atoms with Crippen LogP contribution in [0.3, 0.4) is 0 Å². The van der Waals surface area contributed by atoms with Crippen molar-refractivity contribution in [3.8, 4) is 0 Å². The number of hydrogen-bond acceptors (Lipinski definition) is 3. The van der Waals surface area contributed by atoms with Gasteiger partial charge in [-0.05, 0) is 30.2 Å². The van der Waals surface area contributed by atoms with Crippen LogP contribution in [0.5, 0.6) is 0 Å².